The van der Waals surface area contributed by atoms with Crippen molar-refractivity contribution in [2.75, 3.05) is 26.2 Å². The molecule has 2 atom stereocenters. The van der Waals surface area contributed by atoms with Crippen LogP contribution in [0.15, 0.2) is 0 Å². The Bertz CT molecular complexity index is 598. The third-order valence-corrected chi connectivity index (χ3v) is 6.71. The Morgan fingerprint density at radius 2 is 1.86 bits per heavy atom. The lowest BCUT2D eigenvalue weighted by molar-refractivity contribution is -0.137. The Balaban J connectivity index is 1.72. The lowest BCUT2D eigenvalue weighted by atomic mass is 9.72. The van der Waals surface area contributed by atoms with E-state index in [0.29, 0.717) is 24.0 Å². The average molecular weight is 409 g/mol. The third-order valence-electron chi connectivity index (χ3n) is 6.45. The minimum Gasteiger partial charge on any atom is -0.367 e. The number of hydrogen-bond donors (Lipinski definition) is 3. The highest BCUT2D eigenvalue weighted by molar-refractivity contribution is 7.80. The molecule has 0 spiro atoms. The van der Waals surface area contributed by atoms with E-state index in [0.717, 1.165) is 51.6 Å². The number of hydrogen-bond acceptors (Lipinski definition) is 4. The summed E-state index contributed by atoms with van der Waals surface area (Å²) in [6.45, 7) is 9.05. The zero-order valence-electron chi connectivity index (χ0n) is 17.6. The smallest absolute Gasteiger partial charge is 0.245 e. The van der Waals surface area contributed by atoms with E-state index in [1.807, 2.05) is 4.90 Å². The van der Waals surface area contributed by atoms with Gasteiger partial charge in [0, 0.05) is 31.6 Å². The van der Waals surface area contributed by atoms with Gasteiger partial charge in [0.05, 0.1) is 4.99 Å². The van der Waals surface area contributed by atoms with Crippen molar-refractivity contribution in [3.8, 4) is 0 Å². The van der Waals surface area contributed by atoms with Gasteiger partial charge in [-0.3, -0.25) is 9.59 Å². The zero-order valence-corrected chi connectivity index (χ0v) is 18.4. The van der Waals surface area contributed by atoms with Crippen molar-refractivity contribution in [3.63, 3.8) is 0 Å². The molecule has 6 nitrogen and oxygen atoms in total. The molecule has 0 aromatic heterocycles. The van der Waals surface area contributed by atoms with E-state index < -0.39 is 0 Å². The average Bonchev–Trinajstić information content (AvgIpc) is 3.05. The van der Waals surface area contributed by atoms with Gasteiger partial charge in [0.25, 0.3) is 0 Å². The molecule has 3 N–H and O–H groups in total. The van der Waals surface area contributed by atoms with Gasteiger partial charge in [-0.2, -0.15) is 0 Å². The second kappa shape index (κ2) is 9.08. The number of amides is 2. The van der Waals surface area contributed by atoms with E-state index >= 15 is 0 Å². The van der Waals surface area contributed by atoms with Crippen LogP contribution in [0.25, 0.3) is 0 Å². The first kappa shape index (κ1) is 21.5. The Morgan fingerprint density at radius 3 is 2.57 bits per heavy atom. The summed E-state index contributed by atoms with van der Waals surface area (Å²) in [5.41, 5.74) is -0.248. The Labute approximate surface area is 174 Å². The van der Waals surface area contributed by atoms with E-state index in [4.69, 9.17) is 12.2 Å². The molecule has 4 fully saturated rings. The SMILES string of the molecule is CC(C)(C)[C@@H]1NC(=S)CNCCCC2CC(C2)C(=O)NC[C@H]2CCCN2C1=O. The van der Waals surface area contributed by atoms with Gasteiger partial charge in [-0.05, 0) is 56.4 Å². The second-order valence-electron chi connectivity index (χ2n) is 9.79. The topological polar surface area (TPSA) is 73.5 Å². The van der Waals surface area contributed by atoms with Crippen molar-refractivity contribution in [2.24, 2.45) is 17.3 Å². The minimum atomic E-state index is -0.360. The van der Waals surface area contributed by atoms with Crippen molar-refractivity contribution in [3.05, 3.63) is 0 Å². The van der Waals surface area contributed by atoms with Crippen LogP contribution in [0.2, 0.25) is 0 Å². The molecular weight excluding hydrogens is 372 g/mol. The third kappa shape index (κ3) is 5.23. The van der Waals surface area contributed by atoms with Crippen LogP contribution in [-0.2, 0) is 9.59 Å². The molecule has 7 heteroatoms. The fourth-order valence-electron chi connectivity index (χ4n) is 4.63. The van der Waals surface area contributed by atoms with Crippen LogP contribution in [0.1, 0.15) is 59.3 Å². The van der Waals surface area contributed by atoms with Gasteiger partial charge in [0.1, 0.15) is 6.04 Å². The van der Waals surface area contributed by atoms with Crippen LogP contribution in [0.5, 0.6) is 0 Å². The van der Waals surface area contributed by atoms with Crippen molar-refractivity contribution < 1.29 is 9.59 Å². The Kier molecular flexibility index (Phi) is 6.97. The maximum Gasteiger partial charge on any atom is 0.245 e. The predicted octanol–water partition coefficient (Wildman–Crippen LogP) is 1.83. The Hall–Kier alpha value is -1.21. The standard InChI is InChI=1S/C21H36N4O2S/c1-21(2,3)18-20(27)25-9-5-7-16(25)12-23-19(26)15-10-14(11-15)6-4-8-22-13-17(28)24-18/h14-16,18,22H,4-13H2,1-3H3,(H,23,26)(H,24,28)/t14?,15?,16-,18-/m1/s1. The normalized spacial score (nSPS) is 33.4. The lowest BCUT2D eigenvalue weighted by Crippen LogP contribution is -2.57. The van der Waals surface area contributed by atoms with E-state index in [1.165, 1.54) is 0 Å². The highest BCUT2D eigenvalue weighted by atomic mass is 32.1. The molecule has 0 unspecified atom stereocenters. The summed E-state index contributed by atoms with van der Waals surface area (Å²) < 4.78 is 0. The zero-order chi connectivity index (χ0) is 20.3. The van der Waals surface area contributed by atoms with Crippen LogP contribution in [-0.4, -0.2) is 60.0 Å². The van der Waals surface area contributed by atoms with Crippen molar-refractivity contribution in [1.82, 2.24) is 20.9 Å². The molecule has 3 heterocycles. The fourth-order valence-corrected chi connectivity index (χ4v) is 4.85. The summed E-state index contributed by atoms with van der Waals surface area (Å²) in [5.74, 6) is 1.10. The van der Waals surface area contributed by atoms with Gasteiger partial charge < -0.3 is 20.9 Å². The summed E-state index contributed by atoms with van der Waals surface area (Å²) in [6.07, 6.45) is 6.20. The highest BCUT2D eigenvalue weighted by Crippen LogP contribution is 2.37. The van der Waals surface area contributed by atoms with Gasteiger partial charge in [0.2, 0.25) is 11.8 Å². The summed E-state index contributed by atoms with van der Waals surface area (Å²) in [7, 11) is 0. The number of nitrogens with one attached hydrogen (secondary N) is 3. The number of rotatable bonds is 0. The van der Waals surface area contributed by atoms with Gasteiger partial charge in [-0.15, -0.1) is 0 Å². The van der Waals surface area contributed by atoms with Crippen LogP contribution < -0.4 is 16.0 Å². The molecule has 158 valence electrons. The molecule has 2 amide bonds. The Morgan fingerprint density at radius 1 is 1.11 bits per heavy atom. The van der Waals surface area contributed by atoms with Gasteiger partial charge >= 0.3 is 0 Å². The highest BCUT2D eigenvalue weighted by Gasteiger charge is 2.40. The number of carbonyl (C=O) groups is 2. The monoisotopic (exact) mass is 408 g/mol. The quantitative estimate of drug-likeness (QED) is 0.534. The molecule has 1 aliphatic carbocycles. The molecule has 2 bridgehead atoms. The van der Waals surface area contributed by atoms with Crippen LogP contribution in [0.3, 0.4) is 0 Å². The molecule has 3 aliphatic heterocycles. The molecular formula is C21H36N4O2S. The maximum absolute atomic E-state index is 13.4. The summed E-state index contributed by atoms with van der Waals surface area (Å²) >= 11 is 5.53. The molecule has 0 aromatic carbocycles. The minimum absolute atomic E-state index is 0.0846. The van der Waals surface area contributed by atoms with Gasteiger partial charge in [-0.25, -0.2) is 0 Å². The first-order chi connectivity index (χ1) is 13.3. The molecule has 1 saturated carbocycles. The predicted molar refractivity (Wildman–Crippen MR) is 115 cm³/mol. The fraction of sp³-hybridized carbons (Fsp3) is 0.857. The van der Waals surface area contributed by atoms with E-state index in [-0.39, 0.29) is 35.2 Å². The van der Waals surface area contributed by atoms with Crippen LogP contribution in [0, 0.1) is 17.3 Å². The summed E-state index contributed by atoms with van der Waals surface area (Å²) in [6, 6.07) is -0.275. The molecule has 0 radical (unpaired) electrons. The molecule has 4 aliphatic rings. The van der Waals surface area contributed by atoms with Gasteiger partial charge in [0.15, 0.2) is 0 Å². The van der Waals surface area contributed by atoms with Gasteiger partial charge in [-0.1, -0.05) is 33.0 Å². The summed E-state index contributed by atoms with van der Waals surface area (Å²) in [5, 5.41) is 9.86. The lowest BCUT2D eigenvalue weighted by Gasteiger charge is -2.37. The first-order valence-electron chi connectivity index (χ1n) is 10.8. The largest absolute Gasteiger partial charge is 0.367 e. The second-order valence-corrected chi connectivity index (χ2v) is 10.3. The van der Waals surface area contributed by atoms with Crippen molar-refractivity contribution >= 4 is 29.0 Å². The molecule has 28 heavy (non-hydrogen) atoms. The van der Waals surface area contributed by atoms with Crippen LogP contribution in [0.4, 0.5) is 0 Å². The maximum atomic E-state index is 13.4. The van der Waals surface area contributed by atoms with E-state index in [1.54, 1.807) is 0 Å². The van der Waals surface area contributed by atoms with Crippen LogP contribution >= 0.6 is 12.2 Å². The number of nitrogens with zero attached hydrogens (tertiary/aromatic N) is 1. The van der Waals surface area contributed by atoms with Crippen molar-refractivity contribution in [2.45, 2.75) is 71.4 Å². The number of carbonyl (C=O) groups excluding carboxylic acids is 2. The number of thiocarbonyl (C=S) groups is 1. The molecule has 0 aromatic rings. The first-order valence-corrected chi connectivity index (χ1v) is 11.2. The summed E-state index contributed by atoms with van der Waals surface area (Å²) in [4.78, 5) is 28.5. The van der Waals surface area contributed by atoms with E-state index in [9.17, 15) is 9.59 Å². The van der Waals surface area contributed by atoms with Crippen molar-refractivity contribution in [1.29, 1.82) is 0 Å². The molecule has 3 saturated heterocycles. The molecule has 4 rings (SSSR count). The number of fused-ring (bicyclic) bond motifs is 10. The van der Waals surface area contributed by atoms with E-state index in [2.05, 4.69) is 36.7 Å².